The summed E-state index contributed by atoms with van der Waals surface area (Å²) >= 11 is 3.44. The molecule has 0 spiro atoms. The molecule has 2 aromatic rings. The van der Waals surface area contributed by atoms with Crippen molar-refractivity contribution in [3.8, 4) is 5.88 Å². The van der Waals surface area contributed by atoms with Crippen molar-refractivity contribution in [3.05, 3.63) is 58.2 Å². The average molecular weight is 321 g/mol. The monoisotopic (exact) mass is 320 g/mol. The number of aromatic nitrogens is 1. The highest BCUT2D eigenvalue weighted by molar-refractivity contribution is 9.10. The third kappa shape index (κ3) is 4.04. The SMILES string of the molecule is COc1cccc(CN[C@@H](C)c2ccc(Br)cc2)n1. The van der Waals surface area contributed by atoms with E-state index in [9.17, 15) is 0 Å². The van der Waals surface area contributed by atoms with E-state index in [2.05, 4.69) is 57.4 Å². The van der Waals surface area contributed by atoms with Crippen molar-refractivity contribution in [3.63, 3.8) is 0 Å². The largest absolute Gasteiger partial charge is 0.481 e. The van der Waals surface area contributed by atoms with Crippen LogP contribution >= 0.6 is 15.9 Å². The summed E-state index contributed by atoms with van der Waals surface area (Å²) in [7, 11) is 1.63. The molecule has 1 atom stereocenters. The summed E-state index contributed by atoms with van der Waals surface area (Å²) in [5.41, 5.74) is 2.23. The van der Waals surface area contributed by atoms with Gasteiger partial charge in [-0.05, 0) is 30.7 Å². The van der Waals surface area contributed by atoms with Crippen LogP contribution in [-0.4, -0.2) is 12.1 Å². The summed E-state index contributed by atoms with van der Waals surface area (Å²) in [6.07, 6.45) is 0. The van der Waals surface area contributed by atoms with Crippen molar-refractivity contribution in [2.45, 2.75) is 19.5 Å². The van der Waals surface area contributed by atoms with Crippen LogP contribution in [0.5, 0.6) is 5.88 Å². The van der Waals surface area contributed by atoms with Crippen molar-refractivity contribution in [2.24, 2.45) is 0 Å². The molecule has 0 aliphatic carbocycles. The molecule has 100 valence electrons. The molecule has 2 rings (SSSR count). The van der Waals surface area contributed by atoms with E-state index in [1.54, 1.807) is 7.11 Å². The van der Waals surface area contributed by atoms with Crippen molar-refractivity contribution in [1.29, 1.82) is 0 Å². The number of hydrogen-bond acceptors (Lipinski definition) is 3. The highest BCUT2D eigenvalue weighted by atomic mass is 79.9. The Morgan fingerprint density at radius 2 is 1.95 bits per heavy atom. The minimum absolute atomic E-state index is 0.279. The number of methoxy groups -OCH3 is 1. The molecule has 0 amide bonds. The van der Waals surface area contributed by atoms with E-state index in [1.807, 2.05) is 18.2 Å². The van der Waals surface area contributed by atoms with E-state index in [1.165, 1.54) is 5.56 Å². The van der Waals surface area contributed by atoms with Crippen molar-refractivity contribution in [2.75, 3.05) is 7.11 Å². The first-order chi connectivity index (χ1) is 9.19. The molecule has 0 radical (unpaired) electrons. The van der Waals surface area contributed by atoms with Gasteiger partial charge in [-0.3, -0.25) is 0 Å². The molecule has 1 aromatic heterocycles. The summed E-state index contributed by atoms with van der Waals surface area (Å²) in [6.45, 7) is 2.86. The predicted octanol–water partition coefficient (Wildman–Crippen LogP) is 3.70. The number of nitrogens with one attached hydrogen (secondary N) is 1. The molecule has 0 fully saturated rings. The number of ether oxygens (including phenoxy) is 1. The zero-order valence-corrected chi connectivity index (χ0v) is 12.6. The van der Waals surface area contributed by atoms with Gasteiger partial charge < -0.3 is 10.1 Å². The van der Waals surface area contributed by atoms with Gasteiger partial charge in [0.05, 0.1) is 12.8 Å². The molecule has 19 heavy (non-hydrogen) atoms. The molecule has 3 nitrogen and oxygen atoms in total. The lowest BCUT2D eigenvalue weighted by Crippen LogP contribution is -2.18. The van der Waals surface area contributed by atoms with Gasteiger partial charge in [0.25, 0.3) is 0 Å². The second kappa shape index (κ2) is 6.68. The van der Waals surface area contributed by atoms with Gasteiger partial charge in [-0.25, -0.2) is 4.98 Å². The molecule has 0 aliphatic heterocycles. The Bertz CT molecular complexity index is 528. The van der Waals surface area contributed by atoms with Crippen LogP contribution < -0.4 is 10.1 Å². The van der Waals surface area contributed by atoms with Gasteiger partial charge in [0, 0.05) is 23.1 Å². The van der Waals surface area contributed by atoms with Crippen molar-refractivity contribution < 1.29 is 4.74 Å². The van der Waals surface area contributed by atoms with Crippen LogP contribution in [0.25, 0.3) is 0 Å². The molecule has 1 aromatic carbocycles. The standard InChI is InChI=1S/C15H17BrN2O/c1-11(12-6-8-13(16)9-7-12)17-10-14-4-3-5-15(18-14)19-2/h3-9,11,17H,10H2,1-2H3/t11-/m0/s1. The zero-order valence-electron chi connectivity index (χ0n) is 11.1. The minimum Gasteiger partial charge on any atom is -0.481 e. The van der Waals surface area contributed by atoms with Gasteiger partial charge >= 0.3 is 0 Å². The Morgan fingerprint density at radius 1 is 1.21 bits per heavy atom. The minimum atomic E-state index is 0.279. The quantitative estimate of drug-likeness (QED) is 0.912. The fourth-order valence-electron chi connectivity index (χ4n) is 1.80. The van der Waals surface area contributed by atoms with Gasteiger partial charge in [0.1, 0.15) is 0 Å². The van der Waals surface area contributed by atoms with Crippen LogP contribution in [0.2, 0.25) is 0 Å². The van der Waals surface area contributed by atoms with Gasteiger partial charge in [-0.2, -0.15) is 0 Å². The Labute approximate surface area is 122 Å². The molecule has 0 saturated heterocycles. The van der Waals surface area contributed by atoms with Crippen LogP contribution in [0, 0.1) is 0 Å². The fourth-order valence-corrected chi connectivity index (χ4v) is 2.06. The molecule has 0 aliphatic rings. The molecule has 0 saturated carbocycles. The first kappa shape index (κ1) is 14.0. The zero-order chi connectivity index (χ0) is 13.7. The Kier molecular flexibility index (Phi) is 4.93. The van der Waals surface area contributed by atoms with Gasteiger partial charge in [-0.15, -0.1) is 0 Å². The van der Waals surface area contributed by atoms with Crippen LogP contribution in [-0.2, 0) is 6.54 Å². The summed E-state index contributed by atoms with van der Waals surface area (Å²) in [5.74, 6) is 0.649. The number of nitrogens with zero attached hydrogens (tertiary/aromatic N) is 1. The van der Waals surface area contributed by atoms with E-state index < -0.39 is 0 Å². The summed E-state index contributed by atoms with van der Waals surface area (Å²) in [4.78, 5) is 4.38. The van der Waals surface area contributed by atoms with Gasteiger partial charge in [-0.1, -0.05) is 34.1 Å². The lowest BCUT2D eigenvalue weighted by molar-refractivity contribution is 0.395. The van der Waals surface area contributed by atoms with E-state index >= 15 is 0 Å². The maximum Gasteiger partial charge on any atom is 0.213 e. The lowest BCUT2D eigenvalue weighted by Gasteiger charge is -2.14. The normalized spacial score (nSPS) is 12.2. The third-order valence-corrected chi connectivity index (χ3v) is 3.48. The molecule has 0 bridgehead atoms. The number of hydrogen-bond donors (Lipinski definition) is 1. The predicted molar refractivity (Wildman–Crippen MR) is 80.2 cm³/mol. The smallest absolute Gasteiger partial charge is 0.213 e. The molecular formula is C15H17BrN2O. The van der Waals surface area contributed by atoms with Crippen molar-refractivity contribution >= 4 is 15.9 Å². The Hall–Kier alpha value is -1.39. The van der Waals surface area contributed by atoms with E-state index in [0.717, 1.165) is 10.2 Å². The van der Waals surface area contributed by atoms with E-state index in [4.69, 9.17) is 4.74 Å². The molecule has 4 heteroatoms. The first-order valence-electron chi connectivity index (χ1n) is 6.18. The number of halogens is 1. The maximum absolute atomic E-state index is 5.12. The van der Waals surface area contributed by atoms with Crippen LogP contribution in [0.1, 0.15) is 24.2 Å². The summed E-state index contributed by atoms with van der Waals surface area (Å²) in [5, 5.41) is 3.45. The van der Waals surface area contributed by atoms with Crippen molar-refractivity contribution in [1.82, 2.24) is 10.3 Å². The topological polar surface area (TPSA) is 34.1 Å². The third-order valence-electron chi connectivity index (χ3n) is 2.95. The lowest BCUT2D eigenvalue weighted by atomic mass is 10.1. The second-order valence-corrected chi connectivity index (χ2v) is 5.24. The van der Waals surface area contributed by atoms with Crippen LogP contribution in [0.15, 0.2) is 46.9 Å². The van der Waals surface area contributed by atoms with E-state index in [0.29, 0.717) is 12.4 Å². The van der Waals surface area contributed by atoms with E-state index in [-0.39, 0.29) is 6.04 Å². The molecular weight excluding hydrogens is 304 g/mol. The highest BCUT2D eigenvalue weighted by Crippen LogP contribution is 2.17. The maximum atomic E-state index is 5.12. The summed E-state index contributed by atoms with van der Waals surface area (Å²) < 4.78 is 6.21. The first-order valence-corrected chi connectivity index (χ1v) is 6.97. The van der Waals surface area contributed by atoms with Gasteiger partial charge in [0.15, 0.2) is 0 Å². The Balaban J connectivity index is 1.96. The summed E-state index contributed by atoms with van der Waals surface area (Å²) in [6, 6.07) is 14.4. The highest BCUT2D eigenvalue weighted by Gasteiger charge is 2.05. The van der Waals surface area contributed by atoms with Crippen LogP contribution in [0.3, 0.4) is 0 Å². The Morgan fingerprint density at radius 3 is 2.63 bits per heavy atom. The second-order valence-electron chi connectivity index (χ2n) is 4.33. The molecule has 0 unspecified atom stereocenters. The molecule has 1 N–H and O–H groups in total. The fraction of sp³-hybridized carbons (Fsp3) is 0.267. The number of benzene rings is 1. The van der Waals surface area contributed by atoms with Gasteiger partial charge in [0.2, 0.25) is 5.88 Å². The average Bonchev–Trinajstić information content (AvgIpc) is 2.46. The molecule has 1 heterocycles. The number of rotatable bonds is 5. The van der Waals surface area contributed by atoms with Crippen LogP contribution in [0.4, 0.5) is 0 Å². The number of pyridine rings is 1.